The molecule has 0 heterocycles. The van der Waals surface area contributed by atoms with E-state index in [1.165, 1.54) is 7.11 Å². The lowest BCUT2D eigenvalue weighted by Gasteiger charge is -2.26. The Hall–Kier alpha value is -0.910. The van der Waals surface area contributed by atoms with E-state index in [0.717, 1.165) is 10.0 Å². The highest BCUT2D eigenvalue weighted by atomic mass is 79.9. The fraction of sp³-hybridized carbons (Fsp3) is 0.500. The number of methoxy groups -OCH3 is 1. The van der Waals surface area contributed by atoms with Crippen molar-refractivity contribution in [3.63, 3.8) is 0 Å². The summed E-state index contributed by atoms with van der Waals surface area (Å²) in [5, 5.41) is 2.86. The molecule has 19 heavy (non-hydrogen) atoms. The van der Waals surface area contributed by atoms with Crippen molar-refractivity contribution in [3.8, 4) is 0 Å². The summed E-state index contributed by atoms with van der Waals surface area (Å²) in [7, 11) is 1.53. The van der Waals surface area contributed by atoms with E-state index >= 15 is 0 Å². The number of carbonyl (C=O) groups is 1. The molecular weight excluding hydrogens is 308 g/mol. The van der Waals surface area contributed by atoms with Crippen molar-refractivity contribution < 1.29 is 9.53 Å². The number of hydrogen-bond acceptors (Lipinski definition) is 3. The monoisotopic (exact) mass is 328 g/mol. The minimum Gasteiger partial charge on any atom is -0.383 e. The predicted molar refractivity (Wildman–Crippen MR) is 80.0 cm³/mol. The molecule has 0 aromatic heterocycles. The van der Waals surface area contributed by atoms with Crippen LogP contribution >= 0.6 is 15.9 Å². The second kappa shape index (κ2) is 7.03. The summed E-state index contributed by atoms with van der Waals surface area (Å²) in [6.45, 7) is 4.92. The van der Waals surface area contributed by atoms with E-state index in [0.29, 0.717) is 6.54 Å². The predicted octanol–water partition coefficient (Wildman–Crippen LogP) is 1.82. The van der Waals surface area contributed by atoms with Crippen LogP contribution in [0.4, 0.5) is 0 Å². The molecule has 0 fully saturated rings. The summed E-state index contributed by atoms with van der Waals surface area (Å²) in [6, 6.07) is 7.47. The first-order valence-corrected chi connectivity index (χ1v) is 6.94. The molecule has 1 rings (SSSR count). The van der Waals surface area contributed by atoms with Crippen LogP contribution in [-0.2, 0) is 14.9 Å². The topological polar surface area (TPSA) is 64.3 Å². The number of benzene rings is 1. The van der Waals surface area contributed by atoms with Gasteiger partial charge in [0.05, 0.1) is 6.61 Å². The van der Waals surface area contributed by atoms with Crippen LogP contribution in [0.25, 0.3) is 0 Å². The Morgan fingerprint density at radius 3 is 2.53 bits per heavy atom. The van der Waals surface area contributed by atoms with E-state index in [9.17, 15) is 4.79 Å². The average molecular weight is 329 g/mol. The number of halogens is 1. The third kappa shape index (κ3) is 4.93. The largest absolute Gasteiger partial charge is 0.383 e. The van der Waals surface area contributed by atoms with Crippen LogP contribution in [-0.4, -0.2) is 32.2 Å². The van der Waals surface area contributed by atoms with Crippen molar-refractivity contribution in [1.82, 2.24) is 5.32 Å². The van der Waals surface area contributed by atoms with Gasteiger partial charge >= 0.3 is 0 Å². The normalized spacial score (nSPS) is 13.1. The molecule has 5 heteroatoms. The van der Waals surface area contributed by atoms with Gasteiger partial charge in [-0.05, 0) is 17.7 Å². The van der Waals surface area contributed by atoms with Gasteiger partial charge in [-0.2, -0.15) is 0 Å². The molecule has 0 aliphatic heterocycles. The zero-order valence-electron chi connectivity index (χ0n) is 11.6. The SMILES string of the molecule is COCC(N)C(=O)NCC(C)(C)c1ccc(Br)cc1. The summed E-state index contributed by atoms with van der Waals surface area (Å²) in [5.41, 5.74) is 6.69. The van der Waals surface area contributed by atoms with Crippen molar-refractivity contribution in [3.05, 3.63) is 34.3 Å². The number of nitrogens with one attached hydrogen (secondary N) is 1. The van der Waals surface area contributed by atoms with Crippen LogP contribution in [0.2, 0.25) is 0 Å². The van der Waals surface area contributed by atoms with Crippen LogP contribution in [0.5, 0.6) is 0 Å². The fourth-order valence-corrected chi connectivity index (χ4v) is 1.96. The summed E-state index contributed by atoms with van der Waals surface area (Å²) in [5.74, 6) is -0.188. The molecular formula is C14H21BrN2O2. The van der Waals surface area contributed by atoms with Gasteiger partial charge in [0.15, 0.2) is 0 Å². The van der Waals surface area contributed by atoms with Crippen LogP contribution in [0.1, 0.15) is 19.4 Å². The molecule has 3 N–H and O–H groups in total. The molecule has 0 saturated heterocycles. The van der Waals surface area contributed by atoms with Crippen molar-refractivity contribution in [2.75, 3.05) is 20.3 Å². The number of amides is 1. The molecule has 0 aliphatic carbocycles. The lowest BCUT2D eigenvalue weighted by Crippen LogP contribution is -2.47. The Kier molecular flexibility index (Phi) is 5.97. The van der Waals surface area contributed by atoms with Gasteiger partial charge in [0.25, 0.3) is 0 Å². The Labute approximate surface area is 122 Å². The summed E-state index contributed by atoms with van der Waals surface area (Å²) >= 11 is 3.41. The quantitative estimate of drug-likeness (QED) is 0.837. The first kappa shape index (κ1) is 16.1. The highest BCUT2D eigenvalue weighted by molar-refractivity contribution is 9.10. The summed E-state index contributed by atoms with van der Waals surface area (Å²) < 4.78 is 5.90. The molecule has 0 bridgehead atoms. The Balaban J connectivity index is 2.60. The minimum absolute atomic E-state index is 0.150. The van der Waals surface area contributed by atoms with Crippen LogP contribution in [0, 0.1) is 0 Å². The fourth-order valence-electron chi connectivity index (χ4n) is 1.70. The van der Waals surface area contributed by atoms with Crippen LogP contribution in [0.15, 0.2) is 28.7 Å². The molecule has 1 amide bonds. The molecule has 1 unspecified atom stereocenters. The third-order valence-electron chi connectivity index (χ3n) is 3.01. The molecule has 106 valence electrons. The van der Waals surface area contributed by atoms with Crippen molar-refractivity contribution >= 4 is 21.8 Å². The molecule has 0 radical (unpaired) electrons. The van der Waals surface area contributed by atoms with Gasteiger partial charge in [0, 0.05) is 23.5 Å². The highest BCUT2D eigenvalue weighted by Crippen LogP contribution is 2.23. The Morgan fingerprint density at radius 2 is 2.00 bits per heavy atom. The average Bonchev–Trinajstić information content (AvgIpc) is 2.37. The zero-order valence-corrected chi connectivity index (χ0v) is 13.2. The second-order valence-electron chi connectivity index (χ2n) is 5.17. The first-order valence-electron chi connectivity index (χ1n) is 6.15. The lowest BCUT2D eigenvalue weighted by atomic mass is 9.84. The molecule has 1 aromatic carbocycles. The van der Waals surface area contributed by atoms with Gasteiger partial charge in [0.1, 0.15) is 6.04 Å². The first-order chi connectivity index (χ1) is 8.86. The van der Waals surface area contributed by atoms with Gasteiger partial charge in [-0.3, -0.25) is 4.79 Å². The van der Waals surface area contributed by atoms with Gasteiger partial charge in [-0.25, -0.2) is 0 Å². The second-order valence-corrected chi connectivity index (χ2v) is 6.09. The molecule has 0 spiro atoms. The summed E-state index contributed by atoms with van der Waals surface area (Å²) in [4.78, 5) is 11.7. The molecule has 0 saturated carbocycles. The van der Waals surface area contributed by atoms with E-state index < -0.39 is 6.04 Å². The number of ether oxygens (including phenoxy) is 1. The standard InChI is InChI=1S/C14H21BrN2O2/c1-14(2,10-4-6-11(15)7-5-10)9-17-13(18)12(16)8-19-3/h4-7,12H,8-9,16H2,1-3H3,(H,17,18). The molecule has 1 atom stereocenters. The van der Waals surface area contributed by atoms with E-state index in [1.807, 2.05) is 24.3 Å². The van der Waals surface area contributed by atoms with E-state index in [4.69, 9.17) is 10.5 Å². The number of hydrogen-bond donors (Lipinski definition) is 2. The third-order valence-corrected chi connectivity index (χ3v) is 3.54. The molecule has 1 aromatic rings. The smallest absolute Gasteiger partial charge is 0.239 e. The molecule has 0 aliphatic rings. The van der Waals surface area contributed by atoms with Crippen LogP contribution in [0.3, 0.4) is 0 Å². The number of carbonyl (C=O) groups excluding carboxylic acids is 1. The Morgan fingerprint density at radius 1 is 1.42 bits per heavy atom. The summed E-state index contributed by atoms with van der Waals surface area (Å²) in [6.07, 6.45) is 0. The molecule has 4 nitrogen and oxygen atoms in total. The maximum atomic E-state index is 11.7. The van der Waals surface area contributed by atoms with Crippen molar-refractivity contribution in [2.45, 2.75) is 25.3 Å². The number of nitrogens with two attached hydrogens (primary N) is 1. The van der Waals surface area contributed by atoms with E-state index in [2.05, 4.69) is 35.1 Å². The van der Waals surface area contributed by atoms with Crippen molar-refractivity contribution in [1.29, 1.82) is 0 Å². The van der Waals surface area contributed by atoms with Gasteiger partial charge in [-0.1, -0.05) is 41.9 Å². The van der Waals surface area contributed by atoms with E-state index in [-0.39, 0.29) is 17.9 Å². The lowest BCUT2D eigenvalue weighted by molar-refractivity contribution is -0.123. The van der Waals surface area contributed by atoms with E-state index in [1.54, 1.807) is 0 Å². The maximum Gasteiger partial charge on any atom is 0.239 e. The zero-order chi connectivity index (χ0) is 14.5. The van der Waals surface area contributed by atoms with Gasteiger partial charge < -0.3 is 15.8 Å². The number of rotatable bonds is 6. The van der Waals surface area contributed by atoms with Crippen LogP contribution < -0.4 is 11.1 Å². The highest BCUT2D eigenvalue weighted by Gasteiger charge is 2.22. The Bertz CT molecular complexity index is 418. The van der Waals surface area contributed by atoms with Crippen molar-refractivity contribution in [2.24, 2.45) is 5.73 Å². The minimum atomic E-state index is -0.620. The van der Waals surface area contributed by atoms with Gasteiger partial charge in [-0.15, -0.1) is 0 Å². The maximum absolute atomic E-state index is 11.7. The van der Waals surface area contributed by atoms with Gasteiger partial charge in [0.2, 0.25) is 5.91 Å².